The van der Waals surface area contributed by atoms with Gasteiger partial charge < -0.3 is 5.73 Å². The number of nitrogens with two attached hydrogens (primary N) is 1. The van der Waals surface area contributed by atoms with Crippen LogP contribution in [0.5, 0.6) is 0 Å². The zero-order valence-corrected chi connectivity index (χ0v) is 7.90. The van der Waals surface area contributed by atoms with E-state index in [9.17, 15) is 9.18 Å². The molecule has 2 rings (SSSR count). The molecule has 0 aliphatic carbocycles. The first-order chi connectivity index (χ1) is 7.22. The Morgan fingerprint density at radius 2 is 2.20 bits per heavy atom. The summed E-state index contributed by atoms with van der Waals surface area (Å²) in [7, 11) is 0. The van der Waals surface area contributed by atoms with Gasteiger partial charge in [-0.25, -0.2) is 4.39 Å². The maximum atomic E-state index is 12.4. The second-order valence-electron chi connectivity index (χ2n) is 3.21. The van der Waals surface area contributed by atoms with Crippen LogP contribution in [0.3, 0.4) is 0 Å². The predicted octanol–water partition coefficient (Wildman–Crippen LogP) is 1.80. The molecule has 2 aromatic rings. The van der Waals surface area contributed by atoms with Crippen molar-refractivity contribution in [1.82, 2.24) is 4.98 Å². The van der Waals surface area contributed by atoms with E-state index in [4.69, 9.17) is 5.73 Å². The van der Waals surface area contributed by atoms with Gasteiger partial charge in [0.1, 0.15) is 6.67 Å². The third-order valence-corrected chi connectivity index (χ3v) is 2.23. The lowest BCUT2D eigenvalue weighted by Gasteiger charge is -2.03. The number of pyridine rings is 1. The summed E-state index contributed by atoms with van der Waals surface area (Å²) in [6.07, 6.45) is 1.51. The molecule has 2 N–H and O–H groups in total. The molecular formula is C11H9FN2O. The van der Waals surface area contributed by atoms with Crippen LogP contribution in [0.25, 0.3) is 10.9 Å². The Balaban J connectivity index is 2.76. The number of primary amides is 1. The molecule has 0 saturated heterocycles. The van der Waals surface area contributed by atoms with E-state index in [2.05, 4.69) is 4.98 Å². The molecule has 15 heavy (non-hydrogen) atoms. The van der Waals surface area contributed by atoms with Crippen LogP contribution < -0.4 is 5.73 Å². The number of hydrogen-bond acceptors (Lipinski definition) is 2. The van der Waals surface area contributed by atoms with E-state index in [-0.39, 0.29) is 0 Å². The van der Waals surface area contributed by atoms with Gasteiger partial charge in [0.25, 0.3) is 0 Å². The van der Waals surface area contributed by atoms with Gasteiger partial charge >= 0.3 is 0 Å². The highest BCUT2D eigenvalue weighted by atomic mass is 19.1. The number of nitrogens with zero attached hydrogens (tertiary/aromatic N) is 1. The molecular weight excluding hydrogens is 195 g/mol. The molecule has 0 spiro atoms. The molecule has 1 amide bonds. The van der Waals surface area contributed by atoms with E-state index >= 15 is 0 Å². The maximum Gasteiger partial charge on any atom is 0.249 e. The first-order valence-corrected chi connectivity index (χ1v) is 4.46. The monoisotopic (exact) mass is 204 g/mol. The van der Waals surface area contributed by atoms with Gasteiger partial charge in [-0.2, -0.15) is 0 Å². The summed E-state index contributed by atoms with van der Waals surface area (Å²) in [5.41, 5.74) is 6.74. The fraction of sp³-hybridized carbons (Fsp3) is 0.0909. The van der Waals surface area contributed by atoms with Gasteiger partial charge in [-0.05, 0) is 23.8 Å². The van der Waals surface area contributed by atoms with E-state index in [1.165, 1.54) is 12.3 Å². The number of carbonyl (C=O) groups is 1. The van der Waals surface area contributed by atoms with E-state index < -0.39 is 12.6 Å². The highest BCUT2D eigenvalue weighted by Gasteiger charge is 2.07. The molecule has 76 valence electrons. The predicted molar refractivity (Wildman–Crippen MR) is 55.1 cm³/mol. The Morgan fingerprint density at radius 1 is 1.40 bits per heavy atom. The first kappa shape index (κ1) is 9.58. The third-order valence-electron chi connectivity index (χ3n) is 2.23. The Labute approximate surface area is 85.7 Å². The van der Waals surface area contributed by atoms with Crippen LogP contribution in [-0.4, -0.2) is 10.9 Å². The van der Waals surface area contributed by atoms with Crippen molar-refractivity contribution in [2.24, 2.45) is 5.73 Å². The van der Waals surface area contributed by atoms with Gasteiger partial charge in [0.2, 0.25) is 5.91 Å². The number of carbonyl (C=O) groups excluding carboxylic acids is 1. The van der Waals surface area contributed by atoms with Crippen molar-refractivity contribution in [2.75, 3.05) is 0 Å². The van der Waals surface area contributed by atoms with Crippen LogP contribution in [0.2, 0.25) is 0 Å². The van der Waals surface area contributed by atoms with Crippen LogP contribution >= 0.6 is 0 Å². The van der Waals surface area contributed by atoms with Gasteiger partial charge in [-0.1, -0.05) is 6.07 Å². The lowest BCUT2D eigenvalue weighted by atomic mass is 10.1. The average Bonchev–Trinajstić information content (AvgIpc) is 2.27. The zero-order valence-electron chi connectivity index (χ0n) is 7.90. The highest BCUT2D eigenvalue weighted by Crippen LogP contribution is 2.18. The molecule has 4 heteroatoms. The van der Waals surface area contributed by atoms with Crippen LogP contribution in [0.15, 0.2) is 30.5 Å². The SMILES string of the molecule is NC(=O)c1ccnc2ccc(CF)cc12. The zero-order chi connectivity index (χ0) is 10.8. The Morgan fingerprint density at radius 3 is 2.87 bits per heavy atom. The van der Waals surface area contributed by atoms with Crippen molar-refractivity contribution in [1.29, 1.82) is 0 Å². The quantitative estimate of drug-likeness (QED) is 0.810. The van der Waals surface area contributed by atoms with Crippen LogP contribution in [0.4, 0.5) is 4.39 Å². The van der Waals surface area contributed by atoms with Crippen molar-refractivity contribution in [3.05, 3.63) is 41.6 Å². The van der Waals surface area contributed by atoms with Crippen LogP contribution in [0.1, 0.15) is 15.9 Å². The number of alkyl halides is 1. The molecule has 0 unspecified atom stereocenters. The highest BCUT2D eigenvalue weighted by molar-refractivity contribution is 6.05. The second-order valence-corrected chi connectivity index (χ2v) is 3.21. The maximum absolute atomic E-state index is 12.4. The molecule has 0 atom stereocenters. The number of fused-ring (bicyclic) bond motifs is 1. The largest absolute Gasteiger partial charge is 0.366 e. The average molecular weight is 204 g/mol. The Kier molecular flexibility index (Phi) is 2.33. The lowest BCUT2D eigenvalue weighted by Crippen LogP contribution is -2.11. The molecule has 0 radical (unpaired) electrons. The van der Waals surface area contributed by atoms with Crippen LogP contribution in [0, 0.1) is 0 Å². The number of halogens is 1. The summed E-state index contributed by atoms with van der Waals surface area (Å²) >= 11 is 0. The van der Waals surface area contributed by atoms with E-state index in [0.717, 1.165) is 0 Å². The molecule has 0 aliphatic rings. The molecule has 0 bridgehead atoms. The molecule has 0 fully saturated rings. The summed E-state index contributed by atoms with van der Waals surface area (Å²) in [4.78, 5) is 15.2. The smallest absolute Gasteiger partial charge is 0.249 e. The van der Waals surface area contributed by atoms with Crippen molar-refractivity contribution in [2.45, 2.75) is 6.67 Å². The minimum atomic E-state index is -0.566. The Bertz CT molecular complexity index is 525. The summed E-state index contributed by atoms with van der Waals surface area (Å²) in [5, 5.41) is 0.597. The standard InChI is InChI=1S/C11H9FN2O/c12-6-7-1-2-10-9(5-7)8(11(13)15)3-4-14-10/h1-5H,6H2,(H2,13,15). The third kappa shape index (κ3) is 1.66. The summed E-state index contributed by atoms with van der Waals surface area (Å²) in [6, 6.07) is 6.45. The minimum Gasteiger partial charge on any atom is -0.366 e. The molecule has 1 aromatic carbocycles. The van der Waals surface area contributed by atoms with Gasteiger partial charge in [0, 0.05) is 11.6 Å². The molecule has 1 aromatic heterocycles. The lowest BCUT2D eigenvalue weighted by molar-refractivity contribution is 0.100. The van der Waals surface area contributed by atoms with Crippen molar-refractivity contribution >= 4 is 16.8 Å². The number of benzene rings is 1. The van der Waals surface area contributed by atoms with Crippen molar-refractivity contribution in [3.8, 4) is 0 Å². The summed E-state index contributed by atoms with van der Waals surface area (Å²) < 4.78 is 12.4. The van der Waals surface area contributed by atoms with E-state index in [1.54, 1.807) is 18.2 Å². The van der Waals surface area contributed by atoms with Gasteiger partial charge in [-0.3, -0.25) is 9.78 Å². The number of amides is 1. The molecule has 3 nitrogen and oxygen atoms in total. The number of hydrogen-bond donors (Lipinski definition) is 1. The fourth-order valence-electron chi connectivity index (χ4n) is 1.49. The first-order valence-electron chi connectivity index (χ1n) is 4.46. The van der Waals surface area contributed by atoms with Crippen LogP contribution in [-0.2, 0) is 6.67 Å². The van der Waals surface area contributed by atoms with E-state index in [0.29, 0.717) is 22.0 Å². The second kappa shape index (κ2) is 3.65. The van der Waals surface area contributed by atoms with Crippen molar-refractivity contribution in [3.63, 3.8) is 0 Å². The summed E-state index contributed by atoms with van der Waals surface area (Å²) in [5.74, 6) is -0.529. The van der Waals surface area contributed by atoms with Crippen molar-refractivity contribution < 1.29 is 9.18 Å². The number of aromatic nitrogens is 1. The topological polar surface area (TPSA) is 56.0 Å². The van der Waals surface area contributed by atoms with E-state index in [1.807, 2.05) is 0 Å². The Hall–Kier alpha value is -1.97. The van der Waals surface area contributed by atoms with Gasteiger partial charge in [0.15, 0.2) is 0 Å². The number of rotatable bonds is 2. The van der Waals surface area contributed by atoms with Gasteiger partial charge in [-0.15, -0.1) is 0 Å². The fourth-order valence-corrected chi connectivity index (χ4v) is 1.49. The molecule has 1 heterocycles. The minimum absolute atomic E-state index is 0.371. The molecule has 0 aliphatic heterocycles. The summed E-state index contributed by atoms with van der Waals surface area (Å²) in [6.45, 7) is -0.566. The normalized spacial score (nSPS) is 10.5. The molecule has 0 saturated carbocycles. The van der Waals surface area contributed by atoms with Gasteiger partial charge in [0.05, 0.1) is 11.1 Å².